The third kappa shape index (κ3) is 5.49. The standard InChI is InChI=1S/C23H30N2O4/c1-23(2,3)29-22(27)25-15-19(13-20(25)21(26)14-24)28-18-11-7-10-17(12-18)16-8-5-4-6-9-16/h4-12,19-21,26H,13-15,24H2,1-3H3/t19-,20+,21?/m1/s1. The van der Waals surface area contributed by atoms with Gasteiger partial charge in [-0.15, -0.1) is 0 Å². The van der Waals surface area contributed by atoms with Crippen molar-refractivity contribution in [3.05, 3.63) is 54.6 Å². The second-order valence-electron chi connectivity index (χ2n) is 8.37. The number of aliphatic hydroxyl groups is 1. The van der Waals surface area contributed by atoms with Gasteiger partial charge in [-0.25, -0.2) is 4.79 Å². The van der Waals surface area contributed by atoms with E-state index in [9.17, 15) is 9.90 Å². The number of nitrogens with zero attached hydrogens (tertiary/aromatic N) is 1. The monoisotopic (exact) mass is 398 g/mol. The summed E-state index contributed by atoms with van der Waals surface area (Å²) in [5.74, 6) is 0.725. The molecule has 1 fully saturated rings. The number of rotatable bonds is 5. The predicted molar refractivity (Wildman–Crippen MR) is 113 cm³/mol. The number of nitrogens with two attached hydrogens (primary N) is 1. The van der Waals surface area contributed by atoms with Crippen LogP contribution in [0.3, 0.4) is 0 Å². The molecule has 0 bridgehead atoms. The molecule has 6 heteroatoms. The van der Waals surface area contributed by atoms with E-state index in [-0.39, 0.29) is 12.6 Å². The summed E-state index contributed by atoms with van der Waals surface area (Å²) in [6, 6.07) is 17.5. The molecule has 156 valence electrons. The van der Waals surface area contributed by atoms with Gasteiger partial charge in [-0.3, -0.25) is 4.90 Å². The van der Waals surface area contributed by atoms with Gasteiger partial charge in [0.1, 0.15) is 17.5 Å². The van der Waals surface area contributed by atoms with Crippen LogP contribution in [0.25, 0.3) is 11.1 Å². The van der Waals surface area contributed by atoms with Crippen LogP contribution in [0.5, 0.6) is 5.75 Å². The SMILES string of the molecule is CC(C)(C)OC(=O)N1C[C@H](Oc2cccc(-c3ccccc3)c2)C[C@H]1C(O)CN. The van der Waals surface area contributed by atoms with E-state index in [1.807, 2.05) is 75.4 Å². The normalized spacial score (nSPS) is 20.4. The van der Waals surface area contributed by atoms with Crippen LogP contribution >= 0.6 is 0 Å². The molecule has 1 aliphatic rings. The van der Waals surface area contributed by atoms with Crippen LogP contribution in [0, 0.1) is 0 Å². The molecule has 29 heavy (non-hydrogen) atoms. The van der Waals surface area contributed by atoms with Gasteiger partial charge in [0.25, 0.3) is 0 Å². The minimum absolute atomic E-state index is 0.0696. The fourth-order valence-electron chi connectivity index (χ4n) is 3.54. The summed E-state index contributed by atoms with van der Waals surface area (Å²) in [7, 11) is 0. The van der Waals surface area contributed by atoms with Crippen molar-refractivity contribution in [3.8, 4) is 16.9 Å². The first-order valence-corrected chi connectivity index (χ1v) is 9.97. The Morgan fingerprint density at radius 1 is 1.17 bits per heavy atom. The van der Waals surface area contributed by atoms with Crippen molar-refractivity contribution in [2.24, 2.45) is 5.73 Å². The molecule has 0 aliphatic carbocycles. The van der Waals surface area contributed by atoms with E-state index in [0.29, 0.717) is 13.0 Å². The average molecular weight is 399 g/mol. The molecule has 1 aliphatic heterocycles. The highest BCUT2D eigenvalue weighted by Gasteiger charge is 2.41. The molecule has 0 saturated carbocycles. The number of aliphatic hydroxyl groups excluding tert-OH is 1. The highest BCUT2D eigenvalue weighted by atomic mass is 16.6. The Bertz CT molecular complexity index is 819. The van der Waals surface area contributed by atoms with Crippen molar-refractivity contribution in [2.75, 3.05) is 13.1 Å². The summed E-state index contributed by atoms with van der Waals surface area (Å²) < 4.78 is 11.7. The fourth-order valence-corrected chi connectivity index (χ4v) is 3.54. The lowest BCUT2D eigenvalue weighted by Crippen LogP contribution is -2.47. The Balaban J connectivity index is 1.74. The highest BCUT2D eigenvalue weighted by molar-refractivity contribution is 5.69. The Morgan fingerprint density at radius 3 is 2.52 bits per heavy atom. The molecule has 2 aromatic carbocycles. The Labute approximate surface area is 172 Å². The van der Waals surface area contributed by atoms with E-state index in [1.54, 1.807) is 0 Å². The molecular formula is C23H30N2O4. The third-order valence-electron chi connectivity index (χ3n) is 4.86. The maximum absolute atomic E-state index is 12.6. The Kier molecular flexibility index (Phi) is 6.45. The quantitative estimate of drug-likeness (QED) is 0.806. The molecule has 0 radical (unpaired) electrons. The second kappa shape index (κ2) is 8.84. The Morgan fingerprint density at radius 2 is 1.86 bits per heavy atom. The third-order valence-corrected chi connectivity index (χ3v) is 4.86. The van der Waals surface area contributed by atoms with Crippen LogP contribution in [0.1, 0.15) is 27.2 Å². The molecule has 6 nitrogen and oxygen atoms in total. The first-order valence-electron chi connectivity index (χ1n) is 9.97. The fraction of sp³-hybridized carbons (Fsp3) is 0.435. The Hall–Kier alpha value is -2.57. The molecule has 2 aromatic rings. The number of amides is 1. The highest BCUT2D eigenvalue weighted by Crippen LogP contribution is 2.29. The molecule has 0 aromatic heterocycles. The number of benzene rings is 2. The van der Waals surface area contributed by atoms with E-state index >= 15 is 0 Å². The van der Waals surface area contributed by atoms with Crippen molar-refractivity contribution in [1.29, 1.82) is 0 Å². The lowest BCUT2D eigenvalue weighted by Gasteiger charge is -2.30. The van der Waals surface area contributed by atoms with Crippen molar-refractivity contribution in [3.63, 3.8) is 0 Å². The summed E-state index contributed by atoms with van der Waals surface area (Å²) in [6.45, 7) is 5.86. The van der Waals surface area contributed by atoms with Gasteiger partial charge < -0.3 is 20.3 Å². The van der Waals surface area contributed by atoms with E-state index in [1.165, 1.54) is 4.90 Å². The van der Waals surface area contributed by atoms with Crippen molar-refractivity contribution < 1.29 is 19.4 Å². The number of ether oxygens (including phenoxy) is 2. The maximum atomic E-state index is 12.6. The van der Waals surface area contributed by atoms with Gasteiger partial charge in [0.2, 0.25) is 0 Å². The summed E-state index contributed by atoms with van der Waals surface area (Å²) in [6.07, 6.45) is -1.04. The zero-order valence-corrected chi connectivity index (χ0v) is 17.2. The first kappa shape index (κ1) is 21.1. The van der Waals surface area contributed by atoms with Gasteiger partial charge in [-0.1, -0.05) is 42.5 Å². The van der Waals surface area contributed by atoms with Gasteiger partial charge in [-0.2, -0.15) is 0 Å². The molecule has 3 rings (SSSR count). The molecule has 3 N–H and O–H groups in total. The number of hydrogen-bond acceptors (Lipinski definition) is 5. The first-order chi connectivity index (χ1) is 13.8. The van der Waals surface area contributed by atoms with Crippen LogP contribution in [0.2, 0.25) is 0 Å². The summed E-state index contributed by atoms with van der Waals surface area (Å²) in [4.78, 5) is 14.2. The van der Waals surface area contributed by atoms with Crippen molar-refractivity contribution in [1.82, 2.24) is 4.90 Å². The lowest BCUT2D eigenvalue weighted by atomic mass is 10.1. The van der Waals surface area contributed by atoms with Crippen LogP contribution in [-0.2, 0) is 4.74 Å². The molecule has 1 heterocycles. The number of likely N-dealkylation sites (tertiary alicyclic amines) is 1. The van der Waals surface area contributed by atoms with Crippen LogP contribution in [-0.4, -0.2) is 53.0 Å². The van der Waals surface area contributed by atoms with Gasteiger partial charge in [-0.05, 0) is 44.0 Å². The van der Waals surface area contributed by atoms with Crippen molar-refractivity contribution in [2.45, 2.75) is 51.0 Å². The van der Waals surface area contributed by atoms with Crippen LogP contribution < -0.4 is 10.5 Å². The summed E-state index contributed by atoms with van der Waals surface area (Å²) in [5, 5.41) is 10.3. The van der Waals surface area contributed by atoms with E-state index in [0.717, 1.165) is 16.9 Å². The number of carbonyl (C=O) groups is 1. The zero-order chi connectivity index (χ0) is 21.0. The van der Waals surface area contributed by atoms with Crippen LogP contribution in [0.15, 0.2) is 54.6 Å². The molecule has 1 saturated heterocycles. The predicted octanol–water partition coefficient (Wildman–Crippen LogP) is 3.43. The van der Waals surface area contributed by atoms with Gasteiger partial charge in [0.05, 0.1) is 18.7 Å². The van der Waals surface area contributed by atoms with Gasteiger partial charge >= 0.3 is 6.09 Å². The molecular weight excluding hydrogens is 368 g/mol. The van der Waals surface area contributed by atoms with Gasteiger partial charge in [0.15, 0.2) is 0 Å². The lowest BCUT2D eigenvalue weighted by molar-refractivity contribution is 0.00624. The second-order valence-corrected chi connectivity index (χ2v) is 8.37. The molecule has 0 spiro atoms. The van der Waals surface area contributed by atoms with E-state index in [2.05, 4.69) is 0 Å². The van der Waals surface area contributed by atoms with E-state index < -0.39 is 23.8 Å². The maximum Gasteiger partial charge on any atom is 0.410 e. The largest absolute Gasteiger partial charge is 0.488 e. The topological polar surface area (TPSA) is 85.0 Å². The number of hydrogen-bond donors (Lipinski definition) is 2. The minimum Gasteiger partial charge on any atom is -0.488 e. The molecule has 1 unspecified atom stereocenters. The number of carbonyl (C=O) groups excluding carboxylic acids is 1. The van der Waals surface area contributed by atoms with Crippen molar-refractivity contribution >= 4 is 6.09 Å². The summed E-state index contributed by atoms with van der Waals surface area (Å²) >= 11 is 0. The van der Waals surface area contributed by atoms with E-state index in [4.69, 9.17) is 15.2 Å². The van der Waals surface area contributed by atoms with Crippen LogP contribution in [0.4, 0.5) is 4.79 Å². The molecule has 3 atom stereocenters. The zero-order valence-electron chi connectivity index (χ0n) is 17.2. The minimum atomic E-state index is -0.827. The molecule has 1 amide bonds. The smallest absolute Gasteiger partial charge is 0.410 e. The summed E-state index contributed by atoms with van der Waals surface area (Å²) in [5.41, 5.74) is 7.21. The average Bonchev–Trinajstić information content (AvgIpc) is 3.11. The van der Waals surface area contributed by atoms with Gasteiger partial charge in [0, 0.05) is 13.0 Å².